The van der Waals surface area contributed by atoms with Gasteiger partial charge in [-0.15, -0.1) is 11.3 Å². The third-order valence-electron chi connectivity index (χ3n) is 8.68. The molecule has 9 nitrogen and oxygen atoms in total. The van der Waals surface area contributed by atoms with Gasteiger partial charge in [-0.1, -0.05) is 6.42 Å². The molecule has 0 radical (unpaired) electrons. The number of hydrazine groups is 1. The van der Waals surface area contributed by atoms with Gasteiger partial charge in [-0.3, -0.25) is 14.9 Å². The van der Waals surface area contributed by atoms with E-state index in [9.17, 15) is 14.0 Å². The Kier molecular flexibility index (Phi) is 6.79. The monoisotopic (exact) mass is 594 g/mol. The summed E-state index contributed by atoms with van der Waals surface area (Å²) in [6.07, 6.45) is 5.71. The molecule has 0 aliphatic carbocycles. The van der Waals surface area contributed by atoms with E-state index in [0.717, 1.165) is 56.5 Å². The summed E-state index contributed by atoms with van der Waals surface area (Å²) in [5, 5.41) is 12.4. The summed E-state index contributed by atoms with van der Waals surface area (Å²) < 4.78 is 51.9. The zero-order valence-corrected chi connectivity index (χ0v) is 23.6. The Hall–Kier alpha value is -3.73. The Labute approximate surface area is 244 Å². The Morgan fingerprint density at radius 3 is 2.93 bits per heavy atom. The molecule has 0 unspecified atom stereocenters. The van der Waals surface area contributed by atoms with Gasteiger partial charge in [-0.2, -0.15) is 15.2 Å². The first kappa shape index (κ1) is 27.1. The van der Waals surface area contributed by atoms with Crippen molar-refractivity contribution < 1.29 is 17.9 Å². The van der Waals surface area contributed by atoms with E-state index in [1.807, 2.05) is 11.1 Å². The van der Waals surface area contributed by atoms with Crippen LogP contribution in [-0.4, -0.2) is 64.3 Å². The fourth-order valence-electron chi connectivity index (χ4n) is 6.67. The number of nitrogen functional groups attached to an aromatic ring is 1. The Bertz CT molecular complexity index is 1730. The van der Waals surface area contributed by atoms with Gasteiger partial charge in [0.05, 0.1) is 21.2 Å². The molecule has 218 valence electrons. The molecule has 3 saturated heterocycles. The SMILES string of the molecule is N#Cc1c(N)sc2c(F)ccc(-c3ncc4c(N5CCCCCN5)nc(OC[C@@]56CCCN5C[C@H](F)C6)nc4c3F)c12. The molecule has 3 aliphatic rings. The average molecular weight is 595 g/mol. The summed E-state index contributed by atoms with van der Waals surface area (Å²) in [6.45, 7) is 2.78. The molecule has 3 aliphatic heterocycles. The van der Waals surface area contributed by atoms with Gasteiger partial charge < -0.3 is 10.5 Å². The number of ether oxygens (including phenoxy) is 1. The predicted molar refractivity (Wildman–Crippen MR) is 155 cm³/mol. The van der Waals surface area contributed by atoms with Gasteiger partial charge in [0.15, 0.2) is 11.6 Å². The van der Waals surface area contributed by atoms with Crippen molar-refractivity contribution in [3.05, 3.63) is 35.5 Å². The highest BCUT2D eigenvalue weighted by molar-refractivity contribution is 7.23. The largest absolute Gasteiger partial charge is 0.461 e. The highest BCUT2D eigenvalue weighted by Crippen LogP contribution is 2.43. The molecule has 7 rings (SSSR count). The molecule has 42 heavy (non-hydrogen) atoms. The molecule has 4 aromatic rings. The van der Waals surface area contributed by atoms with Crippen molar-refractivity contribution in [3.8, 4) is 23.3 Å². The van der Waals surface area contributed by atoms with E-state index in [-0.39, 0.29) is 50.0 Å². The second-order valence-corrected chi connectivity index (χ2v) is 12.3. The minimum absolute atomic E-state index is 0.00938. The molecule has 3 fully saturated rings. The summed E-state index contributed by atoms with van der Waals surface area (Å²) in [6, 6.07) is 4.63. The molecule has 1 aromatic carbocycles. The van der Waals surface area contributed by atoms with Crippen molar-refractivity contribution in [1.29, 1.82) is 5.26 Å². The topological polar surface area (TPSA) is 116 Å². The van der Waals surface area contributed by atoms with Crippen LogP contribution in [0.1, 0.15) is 44.1 Å². The second kappa shape index (κ2) is 10.5. The van der Waals surface area contributed by atoms with E-state index in [1.165, 1.54) is 18.3 Å². The Morgan fingerprint density at radius 1 is 1.19 bits per heavy atom. The molecular weight excluding hydrogens is 565 g/mol. The minimum atomic E-state index is -0.911. The number of benzene rings is 1. The lowest BCUT2D eigenvalue weighted by molar-refractivity contribution is 0.107. The third-order valence-corrected chi connectivity index (χ3v) is 9.70. The zero-order chi connectivity index (χ0) is 29.0. The lowest BCUT2D eigenvalue weighted by Gasteiger charge is -2.31. The first-order valence-electron chi connectivity index (χ1n) is 14.2. The quantitative estimate of drug-likeness (QED) is 0.326. The standard InChI is InChI=1S/C29H29F3N8OS/c30-16-11-29(7-4-9-39(29)14-16)15-41-28-37-24-19(27(38-28)40-10-3-1-2-8-36-40)13-35-23(22(24)32)17-5-6-20(31)25-21(17)18(12-33)26(34)42-25/h5-6,13,16,36H,1-4,7-11,14-15,34H2/t16-,29+/m1/s1. The molecule has 13 heteroatoms. The summed E-state index contributed by atoms with van der Waals surface area (Å²) in [7, 11) is 0. The molecule has 0 spiro atoms. The van der Waals surface area contributed by atoms with Gasteiger partial charge in [0, 0.05) is 43.2 Å². The summed E-state index contributed by atoms with van der Waals surface area (Å²) in [4.78, 5) is 15.8. The molecule has 0 amide bonds. The van der Waals surface area contributed by atoms with Crippen molar-refractivity contribution >= 4 is 43.1 Å². The van der Waals surface area contributed by atoms with Crippen molar-refractivity contribution in [3.63, 3.8) is 0 Å². The number of pyridine rings is 1. The molecule has 0 saturated carbocycles. The van der Waals surface area contributed by atoms with Gasteiger partial charge in [0.2, 0.25) is 0 Å². The summed E-state index contributed by atoms with van der Waals surface area (Å²) >= 11 is 0.938. The van der Waals surface area contributed by atoms with Crippen LogP contribution in [0.3, 0.4) is 0 Å². The van der Waals surface area contributed by atoms with E-state index in [1.54, 1.807) is 0 Å². The highest BCUT2D eigenvalue weighted by Gasteiger charge is 2.49. The minimum Gasteiger partial charge on any atom is -0.461 e. The van der Waals surface area contributed by atoms with E-state index < -0.39 is 23.3 Å². The van der Waals surface area contributed by atoms with Crippen LogP contribution in [0.4, 0.5) is 24.0 Å². The smallest absolute Gasteiger partial charge is 0.319 e. The predicted octanol–water partition coefficient (Wildman–Crippen LogP) is 5.09. The van der Waals surface area contributed by atoms with Crippen LogP contribution in [0.15, 0.2) is 18.3 Å². The van der Waals surface area contributed by atoms with Crippen LogP contribution >= 0.6 is 11.3 Å². The molecule has 3 aromatic heterocycles. The average Bonchev–Trinajstić information content (AvgIpc) is 3.53. The fraction of sp³-hybridized carbons (Fsp3) is 0.448. The third kappa shape index (κ3) is 4.40. The van der Waals surface area contributed by atoms with E-state index in [2.05, 4.69) is 20.3 Å². The molecular formula is C29H29F3N8OS. The van der Waals surface area contributed by atoms with Crippen molar-refractivity contribution in [2.24, 2.45) is 0 Å². The van der Waals surface area contributed by atoms with Crippen molar-refractivity contribution in [2.75, 3.05) is 43.5 Å². The fourth-order valence-corrected chi connectivity index (χ4v) is 7.62. The highest BCUT2D eigenvalue weighted by atomic mass is 32.1. The van der Waals surface area contributed by atoms with Crippen LogP contribution < -0.4 is 20.9 Å². The van der Waals surface area contributed by atoms with Crippen LogP contribution in [0.5, 0.6) is 6.01 Å². The molecule has 2 atom stereocenters. The number of rotatable bonds is 5. The summed E-state index contributed by atoms with van der Waals surface area (Å²) in [5.74, 6) is -0.863. The van der Waals surface area contributed by atoms with Gasteiger partial charge in [-0.05, 0) is 44.4 Å². The number of halogens is 3. The maximum atomic E-state index is 16.5. The van der Waals surface area contributed by atoms with Crippen LogP contribution in [-0.2, 0) is 0 Å². The normalized spacial score (nSPS) is 22.9. The number of nitrogens with two attached hydrogens (primary N) is 1. The van der Waals surface area contributed by atoms with E-state index in [4.69, 9.17) is 15.5 Å². The van der Waals surface area contributed by atoms with Crippen LogP contribution in [0, 0.1) is 23.0 Å². The van der Waals surface area contributed by atoms with E-state index in [0.29, 0.717) is 30.7 Å². The number of hydrogen-bond donors (Lipinski definition) is 2. The number of hydrogen-bond acceptors (Lipinski definition) is 10. The van der Waals surface area contributed by atoms with Crippen LogP contribution in [0.2, 0.25) is 0 Å². The number of aromatic nitrogens is 3. The van der Waals surface area contributed by atoms with Gasteiger partial charge in [0.25, 0.3) is 0 Å². The van der Waals surface area contributed by atoms with E-state index >= 15 is 4.39 Å². The number of alkyl halides is 1. The Balaban J connectivity index is 1.36. The number of fused-ring (bicyclic) bond motifs is 3. The van der Waals surface area contributed by atoms with Gasteiger partial charge in [-0.25, -0.2) is 18.6 Å². The number of thiophene rings is 1. The van der Waals surface area contributed by atoms with Crippen molar-refractivity contribution in [2.45, 2.75) is 50.2 Å². The lowest BCUT2D eigenvalue weighted by atomic mass is 9.95. The summed E-state index contributed by atoms with van der Waals surface area (Å²) in [5.41, 5.74) is 9.17. The number of nitriles is 1. The van der Waals surface area contributed by atoms with Gasteiger partial charge in [0.1, 0.15) is 40.9 Å². The lowest BCUT2D eigenvalue weighted by Crippen LogP contribution is -2.43. The molecule has 3 N–H and O–H groups in total. The number of nitrogens with zero attached hydrogens (tertiary/aromatic N) is 6. The number of anilines is 2. The Morgan fingerprint density at radius 2 is 2.07 bits per heavy atom. The van der Waals surface area contributed by atoms with Gasteiger partial charge >= 0.3 is 6.01 Å². The van der Waals surface area contributed by atoms with Crippen LogP contribution in [0.25, 0.3) is 32.2 Å². The first-order valence-corrected chi connectivity index (χ1v) is 15.0. The molecule has 0 bridgehead atoms. The maximum absolute atomic E-state index is 16.5. The molecule has 6 heterocycles. The first-order chi connectivity index (χ1) is 20.4. The van der Waals surface area contributed by atoms with Crippen molar-refractivity contribution in [1.82, 2.24) is 25.3 Å². The zero-order valence-electron chi connectivity index (χ0n) is 22.8. The second-order valence-electron chi connectivity index (χ2n) is 11.2. The number of nitrogens with one attached hydrogen (secondary N) is 1. The maximum Gasteiger partial charge on any atom is 0.319 e.